The van der Waals surface area contributed by atoms with Gasteiger partial charge in [0.2, 0.25) is 0 Å². The lowest BCUT2D eigenvalue weighted by atomic mass is 10.0. The number of pyridine rings is 1. The zero-order chi connectivity index (χ0) is 26.7. The number of piperazine rings is 1. The number of anilines is 1. The Bertz CT molecular complexity index is 1410. The maximum atomic E-state index is 13.4. The van der Waals surface area contributed by atoms with Gasteiger partial charge < -0.3 is 9.80 Å². The van der Waals surface area contributed by atoms with Crippen molar-refractivity contribution in [1.82, 2.24) is 9.88 Å². The molecule has 190 valence electrons. The number of halogens is 2. The van der Waals surface area contributed by atoms with Gasteiger partial charge in [-0.15, -0.1) is 0 Å². The Morgan fingerprint density at radius 3 is 2.51 bits per heavy atom. The van der Waals surface area contributed by atoms with Crippen molar-refractivity contribution in [3.05, 3.63) is 87.7 Å². The molecule has 0 N–H and O–H groups in total. The summed E-state index contributed by atoms with van der Waals surface area (Å²) in [6, 6.07) is 17.1. The molecule has 3 atom stereocenters. The molecule has 1 aromatic heterocycles. The van der Waals surface area contributed by atoms with Crippen molar-refractivity contribution in [2.45, 2.75) is 30.8 Å². The van der Waals surface area contributed by atoms with Crippen LogP contribution < -0.4 is 4.90 Å². The van der Waals surface area contributed by atoms with Crippen LogP contribution in [0.4, 0.5) is 5.69 Å². The molecule has 1 aliphatic rings. The maximum absolute atomic E-state index is 13.4. The fourth-order valence-corrected chi connectivity index (χ4v) is 5.99. The molecule has 0 aliphatic carbocycles. The molecule has 7 nitrogen and oxygen atoms in total. The minimum absolute atomic E-state index is 0.0558. The monoisotopic (exact) mass is 554 g/mol. The van der Waals surface area contributed by atoms with Gasteiger partial charge in [-0.05, 0) is 62.4 Å². The van der Waals surface area contributed by atoms with E-state index < -0.39 is 16.6 Å². The fourth-order valence-electron chi connectivity index (χ4n) is 4.33. The van der Waals surface area contributed by atoms with E-state index in [1.54, 1.807) is 6.07 Å². The van der Waals surface area contributed by atoms with Crippen LogP contribution in [0.5, 0.6) is 0 Å². The number of benzene rings is 2. The highest BCUT2D eigenvalue weighted by Crippen LogP contribution is 2.29. The van der Waals surface area contributed by atoms with E-state index in [0.29, 0.717) is 29.2 Å². The highest BCUT2D eigenvalue weighted by Gasteiger charge is 2.34. The van der Waals surface area contributed by atoms with Crippen molar-refractivity contribution >= 4 is 51.4 Å². The Kier molecular flexibility index (Phi) is 8.28. The molecule has 1 amide bonds. The third kappa shape index (κ3) is 5.85. The van der Waals surface area contributed by atoms with Gasteiger partial charge in [-0.2, -0.15) is 5.26 Å². The Labute approximate surface area is 228 Å². The molecule has 1 saturated heterocycles. The molecule has 0 spiro atoms. The lowest BCUT2D eigenvalue weighted by Crippen LogP contribution is -2.59. The highest BCUT2D eigenvalue weighted by molar-refractivity contribution is 7.86. The molecule has 0 radical (unpaired) electrons. The largest absolute Gasteiger partial charge is 0.365 e. The number of carbonyl (C=O) groups is 2. The second-order valence-corrected chi connectivity index (χ2v) is 11.0. The number of carbonyl (C=O) groups excluding carboxylic acids is 2. The van der Waals surface area contributed by atoms with E-state index in [9.17, 15) is 13.8 Å². The van der Waals surface area contributed by atoms with Gasteiger partial charge in [-0.1, -0.05) is 29.3 Å². The number of Topliss-reactive ketones (excluding diaryl/α,β-unsaturated/α-hetero) is 1. The van der Waals surface area contributed by atoms with Crippen molar-refractivity contribution in [2.24, 2.45) is 0 Å². The van der Waals surface area contributed by atoms with E-state index in [1.165, 1.54) is 30.5 Å². The summed E-state index contributed by atoms with van der Waals surface area (Å²) in [5, 5.41) is 9.68. The van der Waals surface area contributed by atoms with Gasteiger partial charge in [-0.25, -0.2) is 0 Å². The van der Waals surface area contributed by atoms with E-state index in [0.717, 1.165) is 5.69 Å². The molecule has 1 fully saturated rings. The number of ketones is 1. The minimum Gasteiger partial charge on any atom is -0.365 e. The van der Waals surface area contributed by atoms with Crippen molar-refractivity contribution in [1.29, 1.82) is 5.26 Å². The third-order valence-electron chi connectivity index (χ3n) is 6.53. The van der Waals surface area contributed by atoms with E-state index in [-0.39, 0.29) is 39.4 Å². The average molecular weight is 555 g/mol. The first-order valence-corrected chi connectivity index (χ1v) is 13.7. The summed E-state index contributed by atoms with van der Waals surface area (Å²) in [7, 11) is -1.73. The summed E-state index contributed by atoms with van der Waals surface area (Å²) in [5.41, 5.74) is 1.85. The second kappa shape index (κ2) is 11.4. The summed E-state index contributed by atoms with van der Waals surface area (Å²) in [6.07, 6.45) is 1.29. The van der Waals surface area contributed by atoms with Crippen LogP contribution in [0.3, 0.4) is 0 Å². The van der Waals surface area contributed by atoms with Crippen molar-refractivity contribution in [2.75, 3.05) is 23.7 Å². The lowest BCUT2D eigenvalue weighted by Gasteiger charge is -2.46. The summed E-state index contributed by atoms with van der Waals surface area (Å²) < 4.78 is 12.9. The van der Waals surface area contributed by atoms with Crippen LogP contribution in [-0.4, -0.2) is 56.7 Å². The predicted molar refractivity (Wildman–Crippen MR) is 145 cm³/mol. The number of amides is 1. The molecule has 0 saturated carbocycles. The third-order valence-corrected chi connectivity index (χ3v) is 8.56. The summed E-state index contributed by atoms with van der Waals surface area (Å²) in [4.78, 5) is 34.1. The van der Waals surface area contributed by atoms with Crippen LogP contribution >= 0.6 is 23.2 Å². The van der Waals surface area contributed by atoms with Gasteiger partial charge >= 0.3 is 0 Å². The summed E-state index contributed by atoms with van der Waals surface area (Å²) >= 11 is 12.6. The van der Waals surface area contributed by atoms with Gasteiger partial charge in [0.05, 0.1) is 32.0 Å². The molecule has 1 aliphatic heterocycles. The maximum Gasteiger partial charge on any atom is 0.254 e. The van der Waals surface area contributed by atoms with Gasteiger partial charge in [0.25, 0.3) is 5.91 Å². The molecule has 0 bridgehead atoms. The Balaban J connectivity index is 1.44. The van der Waals surface area contributed by atoms with Gasteiger partial charge in [0.1, 0.15) is 11.8 Å². The first kappa shape index (κ1) is 26.8. The van der Waals surface area contributed by atoms with Crippen LogP contribution in [0.1, 0.15) is 40.3 Å². The smallest absolute Gasteiger partial charge is 0.254 e. The number of hydrogen-bond acceptors (Lipinski definition) is 6. The SMILES string of the molecule is CC1C(C)N(c2cccc(Cl)c2)CCN1C(=O)c1ccc(S(=O)CC(=O)c2ccc(C#N)cn2)c(Cl)c1. The zero-order valence-corrected chi connectivity index (χ0v) is 22.6. The Morgan fingerprint density at radius 1 is 1.08 bits per heavy atom. The second-order valence-electron chi connectivity index (χ2n) is 8.76. The average Bonchev–Trinajstić information content (AvgIpc) is 2.89. The van der Waals surface area contributed by atoms with E-state index in [1.807, 2.05) is 42.2 Å². The van der Waals surface area contributed by atoms with Crippen LogP contribution in [0.25, 0.3) is 0 Å². The summed E-state index contributed by atoms with van der Waals surface area (Å²) in [6.45, 7) is 5.25. The topological polar surface area (TPSA) is 94.4 Å². The molecule has 10 heteroatoms. The molecule has 3 aromatic rings. The standard InChI is InChI=1S/C27H24Cl2N4O3S/c1-17-18(2)33(11-10-32(17)22-5-3-4-21(28)13-22)27(35)20-7-9-26(23(29)12-20)37(36)16-25(34)24-8-6-19(14-30)15-31-24/h3-9,12-13,15,17-18H,10-11,16H2,1-2H3. The molecular formula is C27H24Cl2N4O3S. The van der Waals surface area contributed by atoms with Gasteiger partial charge in [0, 0.05) is 47.6 Å². The number of hydrogen-bond donors (Lipinski definition) is 0. The molecule has 4 rings (SSSR count). The molecular weight excluding hydrogens is 531 g/mol. The Hall–Kier alpha value is -3.25. The zero-order valence-electron chi connectivity index (χ0n) is 20.2. The number of aromatic nitrogens is 1. The predicted octanol–water partition coefficient (Wildman–Crippen LogP) is 4.99. The molecule has 37 heavy (non-hydrogen) atoms. The van der Waals surface area contributed by atoms with Crippen molar-refractivity contribution in [3.8, 4) is 6.07 Å². The summed E-state index contributed by atoms with van der Waals surface area (Å²) in [5.74, 6) is -0.909. The van der Waals surface area contributed by atoms with Crippen molar-refractivity contribution < 1.29 is 13.8 Å². The van der Waals surface area contributed by atoms with E-state index in [4.69, 9.17) is 28.5 Å². The quantitative estimate of drug-likeness (QED) is 0.398. The molecule has 2 aromatic carbocycles. The van der Waals surface area contributed by atoms with Crippen LogP contribution in [0.15, 0.2) is 65.7 Å². The Morgan fingerprint density at radius 2 is 1.86 bits per heavy atom. The highest BCUT2D eigenvalue weighted by atomic mass is 35.5. The van der Waals surface area contributed by atoms with E-state index >= 15 is 0 Å². The first-order valence-electron chi connectivity index (χ1n) is 11.6. The molecule has 3 unspecified atom stereocenters. The molecule has 2 heterocycles. The normalized spacial score (nSPS) is 18.2. The van der Waals surface area contributed by atoms with Gasteiger partial charge in [-0.3, -0.25) is 18.8 Å². The van der Waals surface area contributed by atoms with Gasteiger partial charge in [0.15, 0.2) is 5.78 Å². The van der Waals surface area contributed by atoms with Crippen LogP contribution in [0, 0.1) is 11.3 Å². The number of nitriles is 1. The van der Waals surface area contributed by atoms with E-state index in [2.05, 4.69) is 16.8 Å². The minimum atomic E-state index is -1.73. The van der Waals surface area contributed by atoms with Crippen molar-refractivity contribution in [3.63, 3.8) is 0 Å². The number of nitrogens with zero attached hydrogens (tertiary/aromatic N) is 4. The van der Waals surface area contributed by atoms with Crippen LogP contribution in [0.2, 0.25) is 10.0 Å². The number of rotatable bonds is 6. The van der Waals surface area contributed by atoms with Crippen LogP contribution in [-0.2, 0) is 10.8 Å². The lowest BCUT2D eigenvalue weighted by molar-refractivity contribution is 0.0634. The fraction of sp³-hybridized carbons (Fsp3) is 0.259. The first-order chi connectivity index (χ1) is 17.7.